The maximum absolute atomic E-state index is 5.89. The fraction of sp³-hybridized carbons (Fsp3) is 0.400. The van der Waals surface area contributed by atoms with E-state index >= 15 is 0 Å². The van der Waals surface area contributed by atoms with Gasteiger partial charge in [-0.25, -0.2) is 0 Å². The van der Waals surface area contributed by atoms with Gasteiger partial charge in [0.1, 0.15) is 0 Å². The number of aryl methyl sites for hydroxylation is 1. The van der Waals surface area contributed by atoms with Crippen LogP contribution in [0.4, 0.5) is 5.69 Å². The van der Waals surface area contributed by atoms with Gasteiger partial charge in [-0.15, -0.1) is 0 Å². The standard InChI is InChI=1S/C14H26N2O3Si.C6H7N.H2O/c1-17-20(18-2,19-12-11-16-10-9-15)13-8-14-6-4-3-5-7-14;7-6-4-2-1-3-5-6;/h3-7,16H,8-13,15H2,1-2H3;1-5H,7H2;1H2. The Bertz CT molecular complexity index is 587. The molecule has 2 aromatic rings. The molecule has 0 saturated heterocycles. The summed E-state index contributed by atoms with van der Waals surface area (Å²) in [5, 5.41) is 3.19. The molecule has 0 radical (unpaired) electrons. The summed E-state index contributed by atoms with van der Waals surface area (Å²) >= 11 is 0. The third-order valence-electron chi connectivity index (χ3n) is 3.91. The molecule has 0 saturated carbocycles. The van der Waals surface area contributed by atoms with Crippen molar-refractivity contribution in [1.29, 1.82) is 0 Å². The summed E-state index contributed by atoms with van der Waals surface area (Å²) in [4.78, 5) is 0. The highest BCUT2D eigenvalue weighted by molar-refractivity contribution is 6.60. The van der Waals surface area contributed by atoms with Crippen LogP contribution in [0.3, 0.4) is 0 Å². The lowest BCUT2D eigenvalue weighted by molar-refractivity contribution is 0.0992. The Hall–Kier alpha value is -1.78. The first-order valence-corrected chi connectivity index (χ1v) is 11.1. The van der Waals surface area contributed by atoms with E-state index < -0.39 is 8.80 Å². The van der Waals surface area contributed by atoms with Crippen molar-refractivity contribution in [1.82, 2.24) is 5.32 Å². The fourth-order valence-electron chi connectivity index (χ4n) is 2.38. The Balaban J connectivity index is 0.000000765. The Morgan fingerprint density at radius 2 is 1.46 bits per heavy atom. The molecule has 0 aliphatic rings. The highest BCUT2D eigenvalue weighted by Crippen LogP contribution is 2.17. The number of nitrogen functional groups attached to an aromatic ring is 1. The molecule has 0 heterocycles. The topological polar surface area (TPSA) is 123 Å². The molecule has 0 aliphatic carbocycles. The van der Waals surface area contributed by atoms with Crippen LogP contribution in [0.2, 0.25) is 6.04 Å². The van der Waals surface area contributed by atoms with Crippen molar-refractivity contribution in [3.8, 4) is 0 Å². The normalized spacial score (nSPS) is 10.5. The number of benzene rings is 2. The lowest BCUT2D eigenvalue weighted by atomic mass is 10.2. The van der Waals surface area contributed by atoms with Gasteiger partial charge in [0.25, 0.3) is 0 Å². The van der Waals surface area contributed by atoms with E-state index in [1.165, 1.54) is 5.56 Å². The minimum absolute atomic E-state index is 0. The number of nitrogens with one attached hydrogen (secondary N) is 1. The summed E-state index contributed by atoms with van der Waals surface area (Å²) in [5.74, 6) is 0. The van der Waals surface area contributed by atoms with Crippen molar-refractivity contribution >= 4 is 14.5 Å². The van der Waals surface area contributed by atoms with Crippen molar-refractivity contribution < 1.29 is 18.8 Å². The van der Waals surface area contributed by atoms with Gasteiger partial charge in [0.05, 0.1) is 6.61 Å². The van der Waals surface area contributed by atoms with Crippen LogP contribution in [0.1, 0.15) is 5.56 Å². The molecule has 0 amide bonds. The van der Waals surface area contributed by atoms with Gasteiger partial charge < -0.3 is 35.5 Å². The SMILES string of the molecule is CO[Si](CCc1ccccc1)(OC)OCCNCCN.Nc1ccccc1.O. The number of para-hydroxylation sites is 1. The van der Waals surface area contributed by atoms with Crippen molar-refractivity contribution in [3.05, 3.63) is 66.2 Å². The van der Waals surface area contributed by atoms with Crippen molar-refractivity contribution in [2.75, 3.05) is 46.2 Å². The van der Waals surface area contributed by atoms with E-state index in [1.807, 2.05) is 48.5 Å². The average Bonchev–Trinajstić information content (AvgIpc) is 2.72. The van der Waals surface area contributed by atoms with Crippen molar-refractivity contribution in [2.24, 2.45) is 5.73 Å². The van der Waals surface area contributed by atoms with Crippen LogP contribution in [0.15, 0.2) is 60.7 Å². The highest BCUT2D eigenvalue weighted by atomic mass is 28.4. The number of nitrogens with two attached hydrogens (primary N) is 2. The molecule has 7 N–H and O–H groups in total. The fourth-order valence-corrected chi connectivity index (χ4v) is 4.34. The number of rotatable bonds is 11. The zero-order valence-corrected chi connectivity index (χ0v) is 17.9. The van der Waals surface area contributed by atoms with Crippen LogP contribution in [0.5, 0.6) is 0 Å². The first kappa shape index (κ1) is 26.2. The Morgan fingerprint density at radius 1 is 0.893 bits per heavy atom. The molecule has 0 bridgehead atoms. The van der Waals surface area contributed by atoms with Gasteiger partial charge in [-0.1, -0.05) is 48.5 Å². The van der Waals surface area contributed by atoms with Crippen LogP contribution in [-0.2, 0) is 19.7 Å². The first-order valence-electron chi connectivity index (χ1n) is 9.15. The van der Waals surface area contributed by atoms with Crippen molar-refractivity contribution in [2.45, 2.75) is 12.5 Å². The smallest absolute Gasteiger partial charge is 0.412 e. The van der Waals surface area contributed by atoms with E-state index in [0.717, 1.165) is 31.2 Å². The maximum atomic E-state index is 5.89. The Labute approximate surface area is 169 Å². The van der Waals surface area contributed by atoms with E-state index in [0.29, 0.717) is 13.2 Å². The van der Waals surface area contributed by atoms with Gasteiger partial charge in [-0.05, 0) is 24.1 Å². The quantitative estimate of drug-likeness (QED) is 0.293. The van der Waals surface area contributed by atoms with Crippen LogP contribution in [-0.4, -0.2) is 54.7 Å². The van der Waals surface area contributed by atoms with Crippen LogP contribution in [0.25, 0.3) is 0 Å². The molecule has 0 atom stereocenters. The van der Waals surface area contributed by atoms with Gasteiger partial charge in [-0.2, -0.15) is 0 Å². The molecule has 7 nitrogen and oxygen atoms in total. The molecule has 0 aromatic heterocycles. The minimum Gasteiger partial charge on any atom is -0.412 e. The highest BCUT2D eigenvalue weighted by Gasteiger charge is 2.38. The maximum Gasteiger partial charge on any atom is 0.500 e. The molecule has 0 aliphatic heterocycles. The number of hydrogen-bond donors (Lipinski definition) is 3. The summed E-state index contributed by atoms with van der Waals surface area (Å²) in [6, 6.07) is 20.6. The molecule has 2 aromatic carbocycles. The second kappa shape index (κ2) is 16.2. The molecular weight excluding hydrogens is 374 g/mol. The number of hydrogen-bond acceptors (Lipinski definition) is 6. The number of anilines is 1. The largest absolute Gasteiger partial charge is 0.500 e. The third kappa shape index (κ3) is 11.1. The van der Waals surface area contributed by atoms with E-state index in [2.05, 4.69) is 17.4 Å². The summed E-state index contributed by atoms with van der Waals surface area (Å²) in [6.45, 7) is 2.75. The van der Waals surface area contributed by atoms with Gasteiger partial charge in [0.2, 0.25) is 0 Å². The minimum atomic E-state index is -2.56. The van der Waals surface area contributed by atoms with E-state index in [-0.39, 0.29) is 5.48 Å². The molecule has 8 heteroatoms. The molecule has 158 valence electrons. The van der Waals surface area contributed by atoms with Crippen LogP contribution >= 0.6 is 0 Å². The summed E-state index contributed by atoms with van der Waals surface area (Å²) < 4.78 is 17.0. The monoisotopic (exact) mass is 409 g/mol. The first-order chi connectivity index (χ1) is 13.2. The molecule has 0 spiro atoms. The van der Waals surface area contributed by atoms with Crippen LogP contribution < -0.4 is 16.8 Å². The Kier molecular flexibility index (Phi) is 15.2. The van der Waals surface area contributed by atoms with Crippen molar-refractivity contribution in [3.63, 3.8) is 0 Å². The van der Waals surface area contributed by atoms with Gasteiger partial charge in [-0.3, -0.25) is 0 Å². The molecule has 2 rings (SSSR count). The second-order valence-electron chi connectivity index (χ2n) is 5.87. The predicted octanol–water partition coefficient (Wildman–Crippen LogP) is 1.47. The molecular formula is C20H35N3O4Si. The van der Waals surface area contributed by atoms with Gasteiger partial charge >= 0.3 is 8.80 Å². The second-order valence-corrected chi connectivity index (χ2v) is 8.85. The molecule has 0 fully saturated rings. The van der Waals surface area contributed by atoms with E-state index in [9.17, 15) is 0 Å². The summed E-state index contributed by atoms with van der Waals surface area (Å²) in [5.41, 5.74) is 12.9. The van der Waals surface area contributed by atoms with Gasteiger partial charge in [0, 0.05) is 45.6 Å². The molecule has 28 heavy (non-hydrogen) atoms. The van der Waals surface area contributed by atoms with E-state index in [1.54, 1.807) is 14.2 Å². The Morgan fingerprint density at radius 3 is 1.93 bits per heavy atom. The lowest BCUT2D eigenvalue weighted by Crippen LogP contribution is -2.45. The zero-order chi connectivity index (χ0) is 19.8. The lowest BCUT2D eigenvalue weighted by Gasteiger charge is -2.26. The summed E-state index contributed by atoms with van der Waals surface area (Å²) in [7, 11) is 0.764. The third-order valence-corrected chi connectivity index (χ3v) is 6.66. The predicted molar refractivity (Wildman–Crippen MR) is 117 cm³/mol. The van der Waals surface area contributed by atoms with E-state index in [4.69, 9.17) is 24.7 Å². The molecule has 0 unspecified atom stereocenters. The zero-order valence-electron chi connectivity index (χ0n) is 16.9. The van der Waals surface area contributed by atoms with Gasteiger partial charge in [0.15, 0.2) is 0 Å². The summed E-state index contributed by atoms with van der Waals surface area (Å²) in [6.07, 6.45) is 0.894. The average molecular weight is 410 g/mol. The van der Waals surface area contributed by atoms with Crippen LogP contribution in [0, 0.1) is 0 Å².